The topological polar surface area (TPSA) is 61.2 Å². The highest BCUT2D eigenvalue weighted by atomic mass is 16.5. The zero-order chi connectivity index (χ0) is 11.1. The lowest BCUT2D eigenvalue weighted by molar-refractivity contribution is 0.102. The van der Waals surface area contributed by atoms with Crippen molar-refractivity contribution in [3.8, 4) is 0 Å². The summed E-state index contributed by atoms with van der Waals surface area (Å²) in [5.41, 5.74) is 8.18. The Morgan fingerprint density at radius 1 is 1.53 bits per heavy atom. The van der Waals surface area contributed by atoms with E-state index in [1.807, 2.05) is 6.92 Å². The molecule has 0 aromatic rings. The molecule has 2 atom stereocenters. The van der Waals surface area contributed by atoms with Gasteiger partial charge < -0.3 is 9.64 Å². The van der Waals surface area contributed by atoms with Gasteiger partial charge in [-0.3, -0.25) is 0 Å². The van der Waals surface area contributed by atoms with Crippen molar-refractivity contribution in [3.63, 3.8) is 0 Å². The van der Waals surface area contributed by atoms with Crippen LogP contribution in [-0.4, -0.2) is 44.3 Å². The normalized spacial score (nSPS) is 26.5. The first-order valence-corrected chi connectivity index (χ1v) is 5.58. The van der Waals surface area contributed by atoms with Gasteiger partial charge in [0, 0.05) is 37.7 Å². The fraction of sp³-hybridized carbons (Fsp3) is 1.00. The quantitative estimate of drug-likeness (QED) is 0.383. The van der Waals surface area contributed by atoms with Crippen LogP contribution in [0.4, 0.5) is 0 Å². The van der Waals surface area contributed by atoms with Gasteiger partial charge in [-0.05, 0) is 24.3 Å². The van der Waals surface area contributed by atoms with Crippen LogP contribution < -0.4 is 0 Å². The van der Waals surface area contributed by atoms with Crippen LogP contribution >= 0.6 is 0 Å². The molecule has 0 aromatic heterocycles. The van der Waals surface area contributed by atoms with Gasteiger partial charge in [-0.1, -0.05) is 12.0 Å². The van der Waals surface area contributed by atoms with Crippen LogP contribution in [0.2, 0.25) is 0 Å². The molecule has 1 aliphatic heterocycles. The van der Waals surface area contributed by atoms with Crippen LogP contribution in [0.3, 0.4) is 0 Å². The molecule has 1 heterocycles. The molecule has 0 aromatic carbocycles. The standard InChI is InChI=1S/C10H20N4O/c1-3-15-8-10-7-14(6-9(10)2)5-4-12-13-11/h9-10H,3-8H2,1-2H3/t9-,10-/m1/s1. The number of nitrogens with zero attached hydrogens (tertiary/aromatic N) is 4. The third-order valence-corrected chi connectivity index (χ3v) is 2.96. The van der Waals surface area contributed by atoms with Crippen molar-refractivity contribution >= 4 is 0 Å². The fourth-order valence-corrected chi connectivity index (χ4v) is 2.04. The highest BCUT2D eigenvalue weighted by Crippen LogP contribution is 2.22. The minimum absolute atomic E-state index is 0.574. The Hall–Kier alpha value is -0.770. The van der Waals surface area contributed by atoms with Gasteiger partial charge in [-0.15, -0.1) is 0 Å². The summed E-state index contributed by atoms with van der Waals surface area (Å²) >= 11 is 0. The molecular formula is C10H20N4O. The summed E-state index contributed by atoms with van der Waals surface area (Å²) in [7, 11) is 0. The predicted molar refractivity (Wildman–Crippen MR) is 59.6 cm³/mol. The zero-order valence-corrected chi connectivity index (χ0v) is 9.59. The molecule has 5 nitrogen and oxygen atoms in total. The van der Waals surface area contributed by atoms with E-state index in [4.69, 9.17) is 10.3 Å². The van der Waals surface area contributed by atoms with E-state index in [2.05, 4.69) is 21.8 Å². The number of azide groups is 1. The average Bonchev–Trinajstić information content (AvgIpc) is 2.57. The first kappa shape index (κ1) is 12.3. The number of likely N-dealkylation sites (tertiary alicyclic amines) is 1. The Kier molecular flexibility index (Phi) is 5.47. The van der Waals surface area contributed by atoms with Crippen LogP contribution in [0.5, 0.6) is 0 Å². The van der Waals surface area contributed by atoms with Crippen molar-refractivity contribution < 1.29 is 4.74 Å². The maximum Gasteiger partial charge on any atom is 0.0509 e. The summed E-state index contributed by atoms with van der Waals surface area (Å²) in [4.78, 5) is 5.11. The van der Waals surface area contributed by atoms with Crippen molar-refractivity contribution in [2.75, 3.05) is 39.4 Å². The van der Waals surface area contributed by atoms with E-state index >= 15 is 0 Å². The monoisotopic (exact) mass is 212 g/mol. The Morgan fingerprint density at radius 2 is 2.33 bits per heavy atom. The van der Waals surface area contributed by atoms with Gasteiger partial charge in [0.2, 0.25) is 0 Å². The van der Waals surface area contributed by atoms with Crippen LogP contribution in [0.25, 0.3) is 10.4 Å². The molecule has 0 aliphatic carbocycles. The zero-order valence-electron chi connectivity index (χ0n) is 9.59. The van der Waals surface area contributed by atoms with Gasteiger partial charge in [0.1, 0.15) is 0 Å². The summed E-state index contributed by atoms with van der Waals surface area (Å²) in [5, 5.41) is 3.56. The van der Waals surface area contributed by atoms with E-state index < -0.39 is 0 Å². The minimum atomic E-state index is 0.574. The molecule has 1 aliphatic rings. The smallest absolute Gasteiger partial charge is 0.0509 e. The molecule has 15 heavy (non-hydrogen) atoms. The molecule has 0 radical (unpaired) electrons. The summed E-state index contributed by atoms with van der Waals surface area (Å²) in [6.07, 6.45) is 0. The second-order valence-electron chi connectivity index (χ2n) is 4.11. The molecule has 0 spiro atoms. The van der Waals surface area contributed by atoms with E-state index in [-0.39, 0.29) is 0 Å². The van der Waals surface area contributed by atoms with Crippen molar-refractivity contribution in [2.45, 2.75) is 13.8 Å². The third kappa shape index (κ3) is 4.08. The lowest BCUT2D eigenvalue weighted by atomic mass is 9.99. The van der Waals surface area contributed by atoms with Gasteiger partial charge in [0.15, 0.2) is 0 Å². The van der Waals surface area contributed by atoms with E-state index in [9.17, 15) is 0 Å². The van der Waals surface area contributed by atoms with Crippen molar-refractivity contribution in [1.29, 1.82) is 0 Å². The number of rotatable bonds is 6. The number of hydrogen-bond donors (Lipinski definition) is 0. The fourth-order valence-electron chi connectivity index (χ4n) is 2.04. The van der Waals surface area contributed by atoms with Gasteiger partial charge in [0.05, 0.1) is 6.61 Å². The van der Waals surface area contributed by atoms with E-state index in [1.165, 1.54) is 0 Å². The molecule has 1 rings (SSSR count). The highest BCUT2D eigenvalue weighted by molar-refractivity contribution is 4.81. The highest BCUT2D eigenvalue weighted by Gasteiger charge is 2.28. The van der Waals surface area contributed by atoms with Crippen LogP contribution in [-0.2, 0) is 4.74 Å². The Labute approximate surface area is 91.0 Å². The van der Waals surface area contributed by atoms with Gasteiger partial charge in [-0.2, -0.15) is 0 Å². The molecule has 0 bridgehead atoms. The lowest BCUT2D eigenvalue weighted by Gasteiger charge is -2.14. The molecule has 0 amide bonds. The number of ether oxygens (including phenoxy) is 1. The maximum atomic E-state index is 8.18. The van der Waals surface area contributed by atoms with Crippen molar-refractivity contribution in [3.05, 3.63) is 10.4 Å². The third-order valence-electron chi connectivity index (χ3n) is 2.96. The minimum Gasteiger partial charge on any atom is -0.381 e. The second-order valence-corrected chi connectivity index (χ2v) is 4.11. The summed E-state index contributed by atoms with van der Waals surface area (Å²) in [5.74, 6) is 1.32. The van der Waals surface area contributed by atoms with Gasteiger partial charge >= 0.3 is 0 Å². The molecule has 1 fully saturated rings. The van der Waals surface area contributed by atoms with Crippen molar-refractivity contribution in [1.82, 2.24) is 4.90 Å². The second kappa shape index (κ2) is 6.67. The molecule has 0 unspecified atom stereocenters. The summed E-state index contributed by atoms with van der Waals surface area (Å²) in [6.45, 7) is 9.55. The first-order chi connectivity index (χ1) is 7.27. The molecular weight excluding hydrogens is 192 g/mol. The van der Waals surface area contributed by atoms with E-state index in [0.29, 0.717) is 18.4 Å². The lowest BCUT2D eigenvalue weighted by Crippen LogP contribution is -2.24. The van der Waals surface area contributed by atoms with Crippen molar-refractivity contribution in [2.24, 2.45) is 17.0 Å². The summed E-state index contributed by atoms with van der Waals surface area (Å²) in [6, 6.07) is 0. The average molecular weight is 212 g/mol. The Balaban J connectivity index is 2.24. The largest absolute Gasteiger partial charge is 0.381 e. The SMILES string of the molecule is CCOC[C@H]1CN(CCN=[N+]=[N-])C[C@H]1C. The van der Waals surface area contributed by atoms with Crippen LogP contribution in [0, 0.1) is 11.8 Å². The van der Waals surface area contributed by atoms with Crippen LogP contribution in [0.15, 0.2) is 5.11 Å². The number of hydrogen-bond acceptors (Lipinski definition) is 3. The van der Waals surface area contributed by atoms with E-state index in [1.54, 1.807) is 0 Å². The van der Waals surface area contributed by atoms with Gasteiger partial charge in [0.25, 0.3) is 0 Å². The maximum absolute atomic E-state index is 8.18. The Morgan fingerprint density at radius 3 is 3.00 bits per heavy atom. The molecule has 5 heteroatoms. The predicted octanol–water partition coefficient (Wildman–Crippen LogP) is 1.90. The first-order valence-electron chi connectivity index (χ1n) is 5.58. The van der Waals surface area contributed by atoms with Gasteiger partial charge in [-0.25, -0.2) is 0 Å². The molecule has 1 saturated heterocycles. The Bertz CT molecular complexity index is 227. The molecule has 0 saturated carbocycles. The summed E-state index contributed by atoms with van der Waals surface area (Å²) < 4.78 is 5.45. The van der Waals surface area contributed by atoms with E-state index in [0.717, 1.165) is 32.8 Å². The molecule has 86 valence electrons. The van der Waals surface area contributed by atoms with Crippen LogP contribution in [0.1, 0.15) is 13.8 Å². The molecule has 0 N–H and O–H groups in total.